The standard InChI is InChI=1S/C21H22ClNO5/c1-13-4-5-14(2)16(10-13)18(24)7-9-21(26)28-12-20(25)23-17-11-15(22)6-8-19(17)27-3/h4-6,8,10-11H,7,9,12H2,1-3H3,(H,23,25). The molecule has 0 aliphatic rings. The van der Waals surface area contributed by atoms with E-state index in [-0.39, 0.29) is 18.6 Å². The number of nitrogens with one attached hydrogen (secondary N) is 1. The molecule has 0 unspecified atom stereocenters. The van der Waals surface area contributed by atoms with Crippen LogP contribution in [0.2, 0.25) is 5.02 Å². The first-order chi connectivity index (χ1) is 13.3. The van der Waals surface area contributed by atoms with Gasteiger partial charge in [0.05, 0.1) is 19.2 Å². The van der Waals surface area contributed by atoms with Gasteiger partial charge >= 0.3 is 5.97 Å². The maximum absolute atomic E-state index is 12.3. The number of anilines is 1. The fourth-order valence-electron chi connectivity index (χ4n) is 2.57. The lowest BCUT2D eigenvalue weighted by Crippen LogP contribution is -2.21. The van der Waals surface area contributed by atoms with Crippen LogP contribution in [0.1, 0.15) is 34.3 Å². The second kappa shape index (κ2) is 9.90. The van der Waals surface area contributed by atoms with Gasteiger partial charge in [-0.1, -0.05) is 29.3 Å². The zero-order valence-corrected chi connectivity index (χ0v) is 16.8. The number of carbonyl (C=O) groups is 3. The van der Waals surface area contributed by atoms with Crippen molar-refractivity contribution >= 4 is 34.9 Å². The molecule has 28 heavy (non-hydrogen) atoms. The minimum Gasteiger partial charge on any atom is -0.495 e. The van der Waals surface area contributed by atoms with Crippen molar-refractivity contribution in [2.24, 2.45) is 0 Å². The van der Waals surface area contributed by atoms with Gasteiger partial charge in [0.15, 0.2) is 12.4 Å². The Balaban J connectivity index is 1.82. The van der Waals surface area contributed by atoms with Crippen molar-refractivity contribution in [2.45, 2.75) is 26.7 Å². The molecule has 0 aliphatic heterocycles. The van der Waals surface area contributed by atoms with Crippen LogP contribution in [0.3, 0.4) is 0 Å². The number of amides is 1. The lowest BCUT2D eigenvalue weighted by atomic mass is 9.99. The molecular formula is C21H22ClNO5. The number of ketones is 1. The average molecular weight is 404 g/mol. The number of carbonyl (C=O) groups excluding carboxylic acids is 3. The van der Waals surface area contributed by atoms with Crippen molar-refractivity contribution in [3.8, 4) is 5.75 Å². The lowest BCUT2D eigenvalue weighted by Gasteiger charge is -2.11. The van der Waals surface area contributed by atoms with Crippen molar-refractivity contribution in [3.63, 3.8) is 0 Å². The highest BCUT2D eigenvalue weighted by molar-refractivity contribution is 6.31. The maximum Gasteiger partial charge on any atom is 0.306 e. The first kappa shape index (κ1) is 21.4. The van der Waals surface area contributed by atoms with Crippen LogP contribution >= 0.6 is 11.6 Å². The second-order valence-electron chi connectivity index (χ2n) is 6.30. The molecule has 6 nitrogen and oxygen atoms in total. The molecule has 0 atom stereocenters. The third-order valence-electron chi connectivity index (χ3n) is 4.05. The molecule has 0 radical (unpaired) electrons. The summed E-state index contributed by atoms with van der Waals surface area (Å²) in [6.07, 6.45) is -0.0765. The molecule has 0 saturated carbocycles. The smallest absolute Gasteiger partial charge is 0.306 e. The molecule has 1 N–H and O–H groups in total. The van der Waals surface area contributed by atoms with Crippen LogP contribution in [0.5, 0.6) is 5.75 Å². The Morgan fingerprint density at radius 3 is 2.50 bits per heavy atom. The Morgan fingerprint density at radius 2 is 1.79 bits per heavy atom. The summed E-state index contributed by atoms with van der Waals surface area (Å²) >= 11 is 5.90. The molecule has 0 aliphatic carbocycles. The number of Topliss-reactive ketones (excluding diaryl/α,β-unsaturated/α-hetero) is 1. The molecule has 2 aromatic carbocycles. The van der Waals surface area contributed by atoms with E-state index < -0.39 is 18.5 Å². The fourth-order valence-corrected chi connectivity index (χ4v) is 2.74. The Kier molecular flexibility index (Phi) is 7.58. The third kappa shape index (κ3) is 6.09. The van der Waals surface area contributed by atoms with Gasteiger partial charge in [0, 0.05) is 17.0 Å². The molecule has 0 spiro atoms. The molecule has 2 aromatic rings. The lowest BCUT2D eigenvalue weighted by molar-refractivity contribution is -0.147. The first-order valence-electron chi connectivity index (χ1n) is 8.69. The molecule has 0 fully saturated rings. The Hall–Kier alpha value is -2.86. The molecule has 0 saturated heterocycles. The second-order valence-corrected chi connectivity index (χ2v) is 6.73. The quantitative estimate of drug-likeness (QED) is 0.529. The van der Waals surface area contributed by atoms with Crippen molar-refractivity contribution in [2.75, 3.05) is 19.0 Å². The Bertz CT molecular complexity index is 894. The molecular weight excluding hydrogens is 382 g/mol. The van der Waals surface area contributed by atoms with E-state index in [1.165, 1.54) is 13.2 Å². The third-order valence-corrected chi connectivity index (χ3v) is 4.28. The zero-order valence-electron chi connectivity index (χ0n) is 16.0. The molecule has 7 heteroatoms. The van der Waals surface area contributed by atoms with E-state index >= 15 is 0 Å². The monoisotopic (exact) mass is 403 g/mol. The normalized spacial score (nSPS) is 10.3. The molecule has 1 amide bonds. The summed E-state index contributed by atoms with van der Waals surface area (Å²) in [5, 5.41) is 3.00. The number of halogens is 1. The summed E-state index contributed by atoms with van der Waals surface area (Å²) in [7, 11) is 1.46. The van der Waals surface area contributed by atoms with Crippen LogP contribution < -0.4 is 10.1 Å². The number of hydrogen-bond donors (Lipinski definition) is 1. The molecule has 0 heterocycles. The van der Waals surface area contributed by atoms with Gasteiger partial charge in [-0.2, -0.15) is 0 Å². The minimum absolute atomic E-state index is 0.0207. The highest BCUT2D eigenvalue weighted by Crippen LogP contribution is 2.27. The summed E-state index contributed by atoms with van der Waals surface area (Å²) in [6, 6.07) is 10.4. The van der Waals surface area contributed by atoms with Crippen LogP contribution in [0, 0.1) is 13.8 Å². The average Bonchev–Trinajstić information content (AvgIpc) is 2.66. The summed E-state index contributed by atoms with van der Waals surface area (Å²) in [5.41, 5.74) is 2.81. The van der Waals surface area contributed by atoms with Crippen molar-refractivity contribution in [1.82, 2.24) is 0 Å². The van der Waals surface area contributed by atoms with E-state index in [9.17, 15) is 14.4 Å². The fraction of sp³-hybridized carbons (Fsp3) is 0.286. The molecule has 2 rings (SSSR count). The van der Waals surface area contributed by atoms with E-state index in [1.807, 2.05) is 26.0 Å². The predicted octanol–water partition coefficient (Wildman–Crippen LogP) is 4.11. The van der Waals surface area contributed by atoms with Crippen molar-refractivity contribution in [3.05, 3.63) is 58.1 Å². The van der Waals surface area contributed by atoms with Crippen molar-refractivity contribution in [1.29, 1.82) is 0 Å². The van der Waals surface area contributed by atoms with E-state index in [4.69, 9.17) is 21.1 Å². The SMILES string of the molecule is COc1ccc(Cl)cc1NC(=O)COC(=O)CCC(=O)c1cc(C)ccc1C. The number of aryl methyl sites for hydroxylation is 2. The van der Waals surface area contributed by atoms with E-state index in [2.05, 4.69) is 5.32 Å². The molecule has 148 valence electrons. The minimum atomic E-state index is -0.619. The van der Waals surface area contributed by atoms with Gasteiger partial charge in [-0.05, 0) is 43.7 Å². The van der Waals surface area contributed by atoms with Crippen LogP contribution in [0.15, 0.2) is 36.4 Å². The zero-order chi connectivity index (χ0) is 20.7. The topological polar surface area (TPSA) is 81.7 Å². The van der Waals surface area contributed by atoms with Gasteiger partial charge < -0.3 is 14.8 Å². The van der Waals surface area contributed by atoms with E-state index in [0.717, 1.165) is 11.1 Å². The number of ether oxygens (including phenoxy) is 2. The van der Waals surface area contributed by atoms with Crippen LogP contribution in [0.4, 0.5) is 5.69 Å². The van der Waals surface area contributed by atoms with Crippen LogP contribution in [0.25, 0.3) is 0 Å². The van der Waals surface area contributed by atoms with Gasteiger partial charge in [-0.15, -0.1) is 0 Å². The van der Waals surface area contributed by atoms with Gasteiger partial charge in [0.25, 0.3) is 5.91 Å². The number of esters is 1. The van der Waals surface area contributed by atoms with Crippen LogP contribution in [-0.2, 0) is 14.3 Å². The van der Waals surface area contributed by atoms with Crippen LogP contribution in [-0.4, -0.2) is 31.4 Å². The summed E-state index contributed by atoms with van der Waals surface area (Å²) < 4.78 is 10.1. The van der Waals surface area contributed by atoms with Gasteiger partial charge in [0.2, 0.25) is 0 Å². The number of benzene rings is 2. The number of hydrogen-bond acceptors (Lipinski definition) is 5. The molecule has 0 aromatic heterocycles. The van der Waals surface area contributed by atoms with E-state index in [0.29, 0.717) is 22.0 Å². The Labute approximate surface area is 168 Å². The van der Waals surface area contributed by atoms with Gasteiger partial charge in [-0.25, -0.2) is 0 Å². The maximum atomic E-state index is 12.3. The predicted molar refractivity (Wildman–Crippen MR) is 107 cm³/mol. The van der Waals surface area contributed by atoms with E-state index in [1.54, 1.807) is 18.2 Å². The Morgan fingerprint density at radius 1 is 1.04 bits per heavy atom. The van der Waals surface area contributed by atoms with Gasteiger partial charge in [-0.3, -0.25) is 14.4 Å². The summed E-state index contributed by atoms with van der Waals surface area (Å²) in [6.45, 7) is 3.28. The number of rotatable bonds is 8. The molecule has 0 bridgehead atoms. The number of methoxy groups -OCH3 is 1. The highest BCUT2D eigenvalue weighted by Gasteiger charge is 2.14. The first-order valence-corrected chi connectivity index (χ1v) is 9.07. The summed E-state index contributed by atoms with van der Waals surface area (Å²) in [4.78, 5) is 36.1. The largest absolute Gasteiger partial charge is 0.495 e. The van der Waals surface area contributed by atoms with Gasteiger partial charge in [0.1, 0.15) is 5.75 Å². The summed E-state index contributed by atoms with van der Waals surface area (Å²) in [5.74, 6) is -0.851. The highest BCUT2D eigenvalue weighted by atomic mass is 35.5. The van der Waals surface area contributed by atoms with Crippen molar-refractivity contribution < 1.29 is 23.9 Å².